The van der Waals surface area contributed by atoms with Crippen LogP contribution in [0.3, 0.4) is 0 Å². The molecule has 0 aromatic heterocycles. The SMILES string of the molecule is [CH2]CCC.[CH2]CCC.[O-]/N=[N+](/[O-])C1CCCCC1.[O-]/N=[N+](\[O-])C1CCCCC1.[Sn+2]. The third-order valence-corrected chi connectivity index (χ3v) is 4.64. The molecule has 0 heterocycles. The van der Waals surface area contributed by atoms with E-state index in [0.717, 1.165) is 64.2 Å². The van der Waals surface area contributed by atoms with Gasteiger partial charge in [-0.2, -0.15) is 0 Å². The van der Waals surface area contributed by atoms with Gasteiger partial charge in [0.1, 0.15) is 0 Å². The van der Waals surface area contributed by atoms with E-state index >= 15 is 0 Å². The van der Waals surface area contributed by atoms with Gasteiger partial charge in [0.05, 0.1) is 0 Å². The molecule has 0 aromatic carbocycles. The van der Waals surface area contributed by atoms with E-state index in [9.17, 15) is 20.8 Å². The minimum Gasteiger partial charge on any atom is -0.739 e. The molecule has 0 saturated heterocycles. The minimum atomic E-state index is -0.133. The molecular weight excluding hydrogens is 479 g/mol. The molecule has 168 valence electrons. The Labute approximate surface area is 194 Å². The van der Waals surface area contributed by atoms with Gasteiger partial charge in [0.2, 0.25) is 0 Å². The van der Waals surface area contributed by atoms with Crippen LogP contribution in [-0.4, -0.2) is 45.7 Å². The van der Waals surface area contributed by atoms with Crippen LogP contribution in [0.4, 0.5) is 0 Å². The molecule has 0 unspecified atom stereocenters. The number of nitrogens with zero attached hydrogens (tertiary/aromatic N) is 4. The molecule has 0 spiro atoms. The van der Waals surface area contributed by atoms with Crippen LogP contribution in [0.25, 0.3) is 0 Å². The number of hydrogen-bond acceptors (Lipinski definition) is 6. The van der Waals surface area contributed by atoms with Gasteiger partial charge in [0.25, 0.3) is 0 Å². The van der Waals surface area contributed by atoms with Gasteiger partial charge in [-0.25, -0.2) is 0 Å². The second-order valence-electron chi connectivity index (χ2n) is 7.06. The van der Waals surface area contributed by atoms with Crippen LogP contribution in [-0.2, 0) is 0 Å². The minimum absolute atomic E-state index is 0. The molecule has 2 aliphatic carbocycles. The Morgan fingerprint density at radius 2 is 0.931 bits per heavy atom. The zero-order valence-corrected chi connectivity index (χ0v) is 21.2. The fraction of sp³-hybridized carbons (Fsp3) is 0.900. The average Bonchev–Trinajstić information content (AvgIpc) is 2.79. The summed E-state index contributed by atoms with van der Waals surface area (Å²) in [5, 5.41) is 45.4. The summed E-state index contributed by atoms with van der Waals surface area (Å²) in [6, 6.07) is -0.266. The largest absolute Gasteiger partial charge is 2.00 e. The molecule has 0 atom stereocenters. The van der Waals surface area contributed by atoms with E-state index in [-0.39, 0.29) is 36.0 Å². The van der Waals surface area contributed by atoms with Crippen molar-refractivity contribution >= 4 is 23.9 Å². The van der Waals surface area contributed by atoms with Gasteiger partial charge in [-0.1, -0.05) is 75.9 Å². The molecule has 2 aliphatic rings. The van der Waals surface area contributed by atoms with E-state index in [1.54, 1.807) is 0 Å². The number of unbranched alkanes of at least 4 members (excludes halogenated alkanes) is 2. The van der Waals surface area contributed by atoms with E-state index in [2.05, 4.69) is 38.3 Å². The van der Waals surface area contributed by atoms with Crippen molar-refractivity contribution in [2.24, 2.45) is 10.6 Å². The van der Waals surface area contributed by atoms with Crippen molar-refractivity contribution in [1.82, 2.24) is 0 Å². The zero-order valence-electron chi connectivity index (χ0n) is 18.4. The molecule has 2 saturated carbocycles. The summed E-state index contributed by atoms with van der Waals surface area (Å²) in [5.41, 5.74) is 0. The van der Waals surface area contributed by atoms with Crippen molar-refractivity contribution in [3.8, 4) is 0 Å². The molecule has 0 N–H and O–H groups in total. The van der Waals surface area contributed by atoms with Gasteiger partial charge >= 0.3 is 23.9 Å². The zero-order chi connectivity index (χ0) is 21.6. The molecule has 4 radical (unpaired) electrons. The fourth-order valence-electron chi connectivity index (χ4n) is 2.74. The number of hydroxylamine groups is 2. The summed E-state index contributed by atoms with van der Waals surface area (Å²) >= 11 is 0. The van der Waals surface area contributed by atoms with Crippen LogP contribution in [0.15, 0.2) is 10.6 Å². The van der Waals surface area contributed by atoms with E-state index < -0.39 is 0 Å². The maximum absolute atomic E-state index is 10.6. The van der Waals surface area contributed by atoms with Crippen LogP contribution in [0.1, 0.15) is 104 Å². The molecule has 0 amide bonds. The predicted octanol–water partition coefficient (Wildman–Crippen LogP) is 6.42. The topological polar surface area (TPSA) is 123 Å². The summed E-state index contributed by atoms with van der Waals surface area (Å²) in [6.07, 6.45) is 14.5. The van der Waals surface area contributed by atoms with Crippen LogP contribution in [0.2, 0.25) is 0 Å². The smallest absolute Gasteiger partial charge is 0.739 e. The second-order valence-corrected chi connectivity index (χ2v) is 7.06. The Bertz CT molecular complexity index is 347. The molecule has 0 aromatic rings. The van der Waals surface area contributed by atoms with Crippen LogP contribution >= 0.6 is 0 Å². The van der Waals surface area contributed by atoms with Gasteiger partial charge in [-0.05, 0) is 36.2 Å². The van der Waals surface area contributed by atoms with Crippen molar-refractivity contribution in [2.75, 3.05) is 0 Å². The first-order valence-corrected chi connectivity index (χ1v) is 10.7. The summed E-state index contributed by atoms with van der Waals surface area (Å²) in [4.78, 5) is 0.609. The third kappa shape index (κ3) is 20.3. The van der Waals surface area contributed by atoms with Crippen LogP contribution in [0.5, 0.6) is 0 Å². The van der Waals surface area contributed by atoms with Crippen molar-refractivity contribution in [3.63, 3.8) is 0 Å². The molecule has 8 nitrogen and oxygen atoms in total. The van der Waals surface area contributed by atoms with Gasteiger partial charge in [0.15, 0.2) is 12.1 Å². The Kier molecular flexibility index (Phi) is 28.6. The number of hydrogen-bond donors (Lipinski definition) is 0. The van der Waals surface area contributed by atoms with E-state index in [1.165, 1.54) is 25.7 Å². The maximum atomic E-state index is 10.6. The first-order chi connectivity index (χ1) is 13.5. The fourth-order valence-corrected chi connectivity index (χ4v) is 2.74. The maximum Gasteiger partial charge on any atom is 2.00 e. The molecule has 0 bridgehead atoms. The quantitative estimate of drug-likeness (QED) is 0.184. The Morgan fingerprint density at radius 1 is 0.690 bits per heavy atom. The molecule has 2 rings (SSSR count). The normalized spacial score (nSPS) is 17.9. The molecule has 2 fully saturated rings. The third-order valence-electron chi connectivity index (χ3n) is 4.64. The summed E-state index contributed by atoms with van der Waals surface area (Å²) in [6.45, 7) is 11.4. The predicted molar refractivity (Wildman–Crippen MR) is 119 cm³/mol. The second kappa shape index (κ2) is 25.2. The molecule has 29 heavy (non-hydrogen) atoms. The van der Waals surface area contributed by atoms with E-state index in [4.69, 9.17) is 0 Å². The van der Waals surface area contributed by atoms with Crippen molar-refractivity contribution in [3.05, 3.63) is 34.7 Å². The first kappa shape index (κ1) is 32.9. The van der Waals surface area contributed by atoms with Gasteiger partial charge in [-0.15, -0.1) is 0 Å². The van der Waals surface area contributed by atoms with Crippen molar-refractivity contribution in [2.45, 2.75) is 116 Å². The monoisotopic (exact) mass is 520 g/mol. The van der Waals surface area contributed by atoms with E-state index in [0.29, 0.717) is 9.72 Å². The van der Waals surface area contributed by atoms with Crippen LogP contribution in [0, 0.1) is 34.7 Å². The van der Waals surface area contributed by atoms with Gasteiger partial charge in [-0.3, -0.25) is 0 Å². The standard InChI is InChI=1S/2C6H12N2O2.2C4H9.Sn/c2*9-7-8(10)6-4-2-1-3-5-6;2*1-3-4-2;/h2*6,9H,1-5H2;2*1,3-4H2,2H3;/q;;;;+2/p-2/b8-7+;8-7-;;;. The Morgan fingerprint density at radius 3 is 1.10 bits per heavy atom. The van der Waals surface area contributed by atoms with E-state index in [1.807, 2.05) is 0 Å². The summed E-state index contributed by atoms with van der Waals surface area (Å²) in [5.74, 6) is 0. The molecular formula is C20H40N4O4Sn. The number of rotatable bonds is 4. The van der Waals surface area contributed by atoms with Crippen molar-refractivity contribution in [1.29, 1.82) is 0 Å². The van der Waals surface area contributed by atoms with Gasteiger partial charge < -0.3 is 20.8 Å². The van der Waals surface area contributed by atoms with Crippen LogP contribution < -0.4 is 0 Å². The Balaban J connectivity index is -0.000000336. The Hall–Kier alpha value is -0.801. The average molecular weight is 519 g/mol. The van der Waals surface area contributed by atoms with Crippen molar-refractivity contribution < 1.29 is 9.72 Å². The van der Waals surface area contributed by atoms with Gasteiger partial charge in [0, 0.05) is 25.7 Å². The first-order valence-electron chi connectivity index (χ1n) is 10.7. The molecule has 0 aliphatic heterocycles. The summed E-state index contributed by atoms with van der Waals surface area (Å²) in [7, 11) is 0. The molecule has 9 heteroatoms. The summed E-state index contributed by atoms with van der Waals surface area (Å²) < 4.78 is 0.